The lowest BCUT2D eigenvalue weighted by atomic mass is 9.91. The van der Waals surface area contributed by atoms with Gasteiger partial charge < -0.3 is 15.2 Å². The van der Waals surface area contributed by atoms with Gasteiger partial charge in [0, 0.05) is 0 Å². The van der Waals surface area contributed by atoms with Crippen molar-refractivity contribution in [3.8, 4) is 11.5 Å². The molecule has 0 aliphatic carbocycles. The van der Waals surface area contributed by atoms with Gasteiger partial charge in [-0.25, -0.2) is 4.39 Å². The van der Waals surface area contributed by atoms with Crippen LogP contribution in [0.5, 0.6) is 11.5 Å². The van der Waals surface area contributed by atoms with E-state index in [1.54, 1.807) is 13.0 Å². The largest absolute Gasteiger partial charge is 0.504 e. The molecule has 18 heavy (non-hydrogen) atoms. The minimum Gasteiger partial charge on any atom is -0.504 e. The number of aryl methyl sites for hydroxylation is 1. The van der Waals surface area contributed by atoms with Gasteiger partial charge in [0.2, 0.25) is 0 Å². The van der Waals surface area contributed by atoms with Gasteiger partial charge in [-0.15, -0.1) is 0 Å². The molecule has 0 aromatic heterocycles. The lowest BCUT2D eigenvalue weighted by Crippen LogP contribution is -2.31. The van der Waals surface area contributed by atoms with Crippen LogP contribution in [0.2, 0.25) is 0 Å². The summed E-state index contributed by atoms with van der Waals surface area (Å²) in [5.74, 6) is -0.0950. The molecule has 1 aliphatic rings. The van der Waals surface area contributed by atoms with Crippen LogP contribution in [0.4, 0.5) is 4.39 Å². The van der Waals surface area contributed by atoms with Crippen molar-refractivity contribution in [3.63, 3.8) is 0 Å². The van der Waals surface area contributed by atoms with Crippen LogP contribution in [-0.4, -0.2) is 25.3 Å². The van der Waals surface area contributed by atoms with Crippen LogP contribution in [0, 0.1) is 18.7 Å². The molecule has 2 N–H and O–H groups in total. The molecule has 2 rings (SSSR count). The Morgan fingerprint density at radius 1 is 1.56 bits per heavy atom. The number of phenols is 1. The highest BCUT2D eigenvalue weighted by atomic mass is 19.1. The number of phenolic OH excluding ortho intramolecular Hbond substituents is 1. The SMILES string of the molecule is COc1c(O)c(C)cc(CC2CCCNC2)c1F. The molecule has 0 amide bonds. The van der Waals surface area contributed by atoms with Crippen molar-refractivity contribution < 1.29 is 14.2 Å². The first kappa shape index (κ1) is 13.1. The molecule has 0 bridgehead atoms. The summed E-state index contributed by atoms with van der Waals surface area (Å²) < 4.78 is 19.1. The Morgan fingerprint density at radius 3 is 2.94 bits per heavy atom. The number of hydrogen-bond donors (Lipinski definition) is 2. The maximum absolute atomic E-state index is 14.2. The number of piperidine rings is 1. The summed E-state index contributed by atoms with van der Waals surface area (Å²) in [6, 6.07) is 1.72. The molecule has 1 atom stereocenters. The van der Waals surface area contributed by atoms with Gasteiger partial charge in [0.05, 0.1) is 7.11 Å². The third-order valence-corrected chi connectivity index (χ3v) is 3.57. The van der Waals surface area contributed by atoms with Crippen LogP contribution in [0.25, 0.3) is 0 Å². The summed E-state index contributed by atoms with van der Waals surface area (Å²) in [4.78, 5) is 0. The number of ether oxygens (including phenoxy) is 1. The van der Waals surface area contributed by atoms with E-state index in [1.165, 1.54) is 7.11 Å². The highest BCUT2D eigenvalue weighted by molar-refractivity contribution is 5.49. The number of aromatic hydroxyl groups is 1. The van der Waals surface area contributed by atoms with Gasteiger partial charge in [-0.2, -0.15) is 0 Å². The van der Waals surface area contributed by atoms with E-state index in [-0.39, 0.29) is 11.5 Å². The molecule has 1 heterocycles. The monoisotopic (exact) mass is 253 g/mol. The molecule has 0 radical (unpaired) electrons. The van der Waals surface area contributed by atoms with Crippen LogP contribution < -0.4 is 10.1 Å². The van der Waals surface area contributed by atoms with Gasteiger partial charge in [0.1, 0.15) is 0 Å². The topological polar surface area (TPSA) is 41.5 Å². The van der Waals surface area contributed by atoms with E-state index in [2.05, 4.69) is 5.32 Å². The number of benzene rings is 1. The zero-order valence-corrected chi connectivity index (χ0v) is 10.9. The molecule has 0 spiro atoms. The van der Waals surface area contributed by atoms with Gasteiger partial charge in [0.25, 0.3) is 0 Å². The molecular formula is C14H20FNO2. The first-order valence-corrected chi connectivity index (χ1v) is 6.39. The van der Waals surface area contributed by atoms with Crippen molar-refractivity contribution in [2.24, 2.45) is 5.92 Å². The lowest BCUT2D eigenvalue weighted by Gasteiger charge is -2.23. The van der Waals surface area contributed by atoms with Crippen LogP contribution in [0.15, 0.2) is 6.07 Å². The predicted octanol–water partition coefficient (Wildman–Crippen LogP) is 2.39. The lowest BCUT2D eigenvalue weighted by molar-refractivity contribution is 0.340. The maximum atomic E-state index is 14.2. The van der Waals surface area contributed by atoms with Crippen molar-refractivity contribution in [3.05, 3.63) is 23.0 Å². The Hall–Kier alpha value is -1.29. The second-order valence-corrected chi connectivity index (χ2v) is 4.96. The predicted molar refractivity (Wildman–Crippen MR) is 68.7 cm³/mol. The molecular weight excluding hydrogens is 233 g/mol. The van der Waals surface area contributed by atoms with Crippen LogP contribution in [0.1, 0.15) is 24.0 Å². The average molecular weight is 253 g/mol. The molecule has 1 unspecified atom stereocenters. The van der Waals surface area contributed by atoms with E-state index >= 15 is 0 Å². The Bertz CT molecular complexity index is 428. The smallest absolute Gasteiger partial charge is 0.197 e. The molecule has 100 valence electrons. The molecule has 1 saturated heterocycles. The van der Waals surface area contributed by atoms with Crippen LogP contribution >= 0.6 is 0 Å². The van der Waals surface area contributed by atoms with Crippen LogP contribution in [-0.2, 0) is 6.42 Å². The molecule has 1 aliphatic heterocycles. The molecule has 0 saturated carbocycles. The van der Waals surface area contributed by atoms with E-state index in [0.29, 0.717) is 23.5 Å². The summed E-state index contributed by atoms with van der Waals surface area (Å²) in [6.07, 6.45) is 2.95. The van der Waals surface area contributed by atoms with Crippen molar-refractivity contribution >= 4 is 0 Å². The fourth-order valence-corrected chi connectivity index (χ4v) is 2.57. The van der Waals surface area contributed by atoms with E-state index in [4.69, 9.17) is 4.74 Å². The number of hydrogen-bond acceptors (Lipinski definition) is 3. The first-order chi connectivity index (χ1) is 8.63. The standard InChI is InChI=1S/C14H20FNO2/c1-9-6-11(7-10-4-3-5-16-8-10)12(15)14(18-2)13(9)17/h6,10,16-17H,3-5,7-8H2,1-2H3. The highest BCUT2D eigenvalue weighted by Gasteiger charge is 2.20. The zero-order chi connectivity index (χ0) is 13.1. The fourth-order valence-electron chi connectivity index (χ4n) is 2.57. The van der Waals surface area contributed by atoms with E-state index < -0.39 is 5.82 Å². The average Bonchev–Trinajstić information content (AvgIpc) is 2.38. The summed E-state index contributed by atoms with van der Waals surface area (Å²) >= 11 is 0. The van der Waals surface area contributed by atoms with E-state index in [0.717, 1.165) is 25.9 Å². The Balaban J connectivity index is 2.24. The minimum atomic E-state index is -0.425. The fraction of sp³-hybridized carbons (Fsp3) is 0.571. The highest BCUT2D eigenvalue weighted by Crippen LogP contribution is 2.35. The van der Waals surface area contributed by atoms with Crippen LogP contribution in [0.3, 0.4) is 0 Å². The van der Waals surface area contributed by atoms with Crippen molar-refractivity contribution in [2.45, 2.75) is 26.2 Å². The van der Waals surface area contributed by atoms with Crippen molar-refractivity contribution in [1.29, 1.82) is 0 Å². The summed E-state index contributed by atoms with van der Waals surface area (Å²) in [6.45, 7) is 3.75. The van der Waals surface area contributed by atoms with Crippen molar-refractivity contribution in [1.82, 2.24) is 5.32 Å². The number of methoxy groups -OCH3 is 1. The van der Waals surface area contributed by atoms with Gasteiger partial charge in [-0.3, -0.25) is 0 Å². The molecule has 1 aromatic carbocycles. The van der Waals surface area contributed by atoms with Gasteiger partial charge in [0.15, 0.2) is 17.3 Å². The van der Waals surface area contributed by atoms with Gasteiger partial charge in [-0.05, 0) is 62.4 Å². The molecule has 3 nitrogen and oxygen atoms in total. The second kappa shape index (κ2) is 5.57. The molecule has 1 fully saturated rings. The number of rotatable bonds is 3. The number of halogens is 1. The molecule has 1 aromatic rings. The zero-order valence-electron chi connectivity index (χ0n) is 10.9. The summed E-state index contributed by atoms with van der Waals surface area (Å²) in [5.41, 5.74) is 1.29. The number of nitrogens with one attached hydrogen (secondary N) is 1. The van der Waals surface area contributed by atoms with E-state index in [1.807, 2.05) is 0 Å². The Kier molecular flexibility index (Phi) is 4.07. The Labute approximate surface area is 107 Å². The third-order valence-electron chi connectivity index (χ3n) is 3.57. The summed E-state index contributed by atoms with van der Waals surface area (Å²) in [5, 5.41) is 13.1. The van der Waals surface area contributed by atoms with Gasteiger partial charge >= 0.3 is 0 Å². The molecule has 4 heteroatoms. The quantitative estimate of drug-likeness (QED) is 0.869. The second-order valence-electron chi connectivity index (χ2n) is 4.96. The van der Waals surface area contributed by atoms with Gasteiger partial charge in [-0.1, -0.05) is 0 Å². The first-order valence-electron chi connectivity index (χ1n) is 6.39. The normalized spacial score (nSPS) is 19.8. The Morgan fingerprint density at radius 2 is 2.33 bits per heavy atom. The van der Waals surface area contributed by atoms with Crippen molar-refractivity contribution in [2.75, 3.05) is 20.2 Å². The van der Waals surface area contributed by atoms with E-state index in [9.17, 15) is 9.50 Å². The maximum Gasteiger partial charge on any atom is 0.197 e. The minimum absolute atomic E-state index is 0.0335. The third kappa shape index (κ3) is 2.58. The summed E-state index contributed by atoms with van der Waals surface area (Å²) in [7, 11) is 1.38.